The van der Waals surface area contributed by atoms with Crippen LogP contribution in [0.3, 0.4) is 0 Å². The van der Waals surface area contributed by atoms with Gasteiger partial charge in [-0.25, -0.2) is 0 Å². The van der Waals surface area contributed by atoms with E-state index in [2.05, 4.69) is 16.2 Å². The molecule has 0 radical (unpaired) electrons. The summed E-state index contributed by atoms with van der Waals surface area (Å²) in [6.07, 6.45) is 0. The van der Waals surface area contributed by atoms with Crippen LogP contribution < -0.4 is 20.9 Å². The van der Waals surface area contributed by atoms with Gasteiger partial charge >= 0.3 is 0 Å². The molecule has 0 aliphatic carbocycles. The van der Waals surface area contributed by atoms with Crippen LogP contribution in [0.4, 0.5) is 5.69 Å². The van der Waals surface area contributed by atoms with Crippen LogP contribution in [0, 0.1) is 6.92 Å². The maximum atomic E-state index is 12.4. The fourth-order valence-corrected chi connectivity index (χ4v) is 3.37. The third kappa shape index (κ3) is 5.58. The Morgan fingerprint density at radius 2 is 1.44 bits per heavy atom. The Morgan fingerprint density at radius 1 is 0.735 bits per heavy atom. The van der Waals surface area contributed by atoms with Crippen LogP contribution in [-0.2, 0) is 4.79 Å². The largest absolute Gasteiger partial charge is 0.484 e. The number of carbonyl (C=O) groups is 3. The molecule has 0 bridgehead atoms. The fourth-order valence-electron chi connectivity index (χ4n) is 3.37. The number of aryl methyl sites for hydroxylation is 1. The zero-order chi connectivity index (χ0) is 23.9. The maximum Gasteiger partial charge on any atom is 0.276 e. The number of hydrogen-bond acceptors (Lipinski definition) is 4. The van der Waals surface area contributed by atoms with Gasteiger partial charge in [-0.15, -0.1) is 0 Å². The van der Waals surface area contributed by atoms with Crippen LogP contribution in [0.1, 0.15) is 26.3 Å². The summed E-state index contributed by atoms with van der Waals surface area (Å²) in [4.78, 5) is 36.8. The van der Waals surface area contributed by atoms with Crippen LogP contribution >= 0.6 is 0 Å². The summed E-state index contributed by atoms with van der Waals surface area (Å²) in [6.45, 7) is 1.62. The van der Waals surface area contributed by atoms with Gasteiger partial charge in [0, 0.05) is 16.8 Å². The maximum absolute atomic E-state index is 12.4. The van der Waals surface area contributed by atoms with Gasteiger partial charge in [-0.1, -0.05) is 48.5 Å². The lowest BCUT2D eigenvalue weighted by Gasteiger charge is -2.10. The summed E-state index contributed by atoms with van der Waals surface area (Å²) >= 11 is 0. The lowest BCUT2D eigenvalue weighted by Crippen LogP contribution is -2.43. The molecule has 7 heteroatoms. The molecule has 0 spiro atoms. The molecule has 4 aromatic rings. The molecule has 0 aliphatic heterocycles. The molecule has 0 fully saturated rings. The van der Waals surface area contributed by atoms with Crippen molar-refractivity contribution in [3.05, 3.63) is 108 Å². The van der Waals surface area contributed by atoms with Gasteiger partial charge in [0.15, 0.2) is 6.61 Å². The van der Waals surface area contributed by atoms with Crippen molar-refractivity contribution < 1.29 is 19.1 Å². The number of rotatable bonds is 6. The molecule has 7 nitrogen and oxygen atoms in total. The van der Waals surface area contributed by atoms with Crippen LogP contribution in [0.25, 0.3) is 10.8 Å². The number of carbonyl (C=O) groups excluding carboxylic acids is 3. The van der Waals surface area contributed by atoms with Gasteiger partial charge in [-0.2, -0.15) is 0 Å². The van der Waals surface area contributed by atoms with Crippen LogP contribution in [0.2, 0.25) is 0 Å². The van der Waals surface area contributed by atoms with Crippen LogP contribution in [-0.4, -0.2) is 24.3 Å². The summed E-state index contributed by atoms with van der Waals surface area (Å²) < 4.78 is 5.51. The third-order valence-corrected chi connectivity index (χ3v) is 5.20. The summed E-state index contributed by atoms with van der Waals surface area (Å²) in [7, 11) is 0. The molecular weight excluding hydrogens is 430 g/mol. The first-order valence-electron chi connectivity index (χ1n) is 10.7. The van der Waals surface area contributed by atoms with E-state index < -0.39 is 11.8 Å². The van der Waals surface area contributed by atoms with E-state index in [1.165, 1.54) is 0 Å². The van der Waals surface area contributed by atoms with E-state index in [9.17, 15) is 14.4 Å². The number of anilines is 1. The van der Waals surface area contributed by atoms with Crippen molar-refractivity contribution in [3.8, 4) is 5.75 Å². The zero-order valence-corrected chi connectivity index (χ0v) is 18.5. The first-order chi connectivity index (χ1) is 16.5. The Bertz CT molecular complexity index is 1350. The molecule has 4 rings (SSSR count). The molecule has 0 aromatic heterocycles. The Labute approximate surface area is 196 Å². The van der Waals surface area contributed by atoms with E-state index in [-0.39, 0.29) is 12.5 Å². The highest BCUT2D eigenvalue weighted by molar-refractivity contribution is 6.05. The van der Waals surface area contributed by atoms with Crippen molar-refractivity contribution in [2.24, 2.45) is 0 Å². The Kier molecular flexibility index (Phi) is 6.84. The van der Waals surface area contributed by atoms with Gasteiger partial charge in [-0.3, -0.25) is 25.2 Å². The molecule has 0 heterocycles. The average molecular weight is 453 g/mol. The van der Waals surface area contributed by atoms with Gasteiger partial charge in [-0.05, 0) is 65.7 Å². The van der Waals surface area contributed by atoms with Crippen molar-refractivity contribution in [2.75, 3.05) is 11.9 Å². The summed E-state index contributed by atoms with van der Waals surface area (Å²) in [6, 6.07) is 27.0. The van der Waals surface area contributed by atoms with Gasteiger partial charge in [0.25, 0.3) is 17.7 Å². The molecule has 4 aromatic carbocycles. The number of ether oxygens (including phenoxy) is 1. The van der Waals surface area contributed by atoms with E-state index in [0.29, 0.717) is 22.6 Å². The zero-order valence-electron chi connectivity index (χ0n) is 18.5. The normalized spacial score (nSPS) is 10.4. The lowest BCUT2D eigenvalue weighted by molar-refractivity contribution is -0.123. The number of fused-ring (bicyclic) bond motifs is 1. The number of hydrogen-bond donors (Lipinski definition) is 3. The predicted molar refractivity (Wildman–Crippen MR) is 131 cm³/mol. The van der Waals surface area contributed by atoms with Gasteiger partial charge in [0.1, 0.15) is 5.75 Å². The third-order valence-electron chi connectivity index (χ3n) is 5.20. The second-order valence-corrected chi connectivity index (χ2v) is 7.65. The Balaban J connectivity index is 1.25. The predicted octanol–water partition coefficient (Wildman–Crippen LogP) is 4.24. The van der Waals surface area contributed by atoms with Crippen molar-refractivity contribution in [2.45, 2.75) is 6.92 Å². The number of amides is 3. The van der Waals surface area contributed by atoms with Crippen molar-refractivity contribution in [1.29, 1.82) is 0 Å². The highest BCUT2D eigenvalue weighted by Gasteiger charge is 2.11. The molecule has 0 unspecified atom stereocenters. The topological polar surface area (TPSA) is 96.5 Å². The fraction of sp³-hybridized carbons (Fsp3) is 0.0741. The number of benzene rings is 4. The second kappa shape index (κ2) is 10.3. The summed E-state index contributed by atoms with van der Waals surface area (Å²) in [5, 5.41) is 4.88. The van der Waals surface area contributed by atoms with Crippen molar-refractivity contribution in [1.82, 2.24) is 10.9 Å². The molecule has 0 aliphatic rings. The van der Waals surface area contributed by atoms with E-state index >= 15 is 0 Å². The molecule has 3 amide bonds. The molecule has 3 N–H and O–H groups in total. The number of nitrogens with one attached hydrogen (secondary N) is 3. The molecule has 0 atom stereocenters. The van der Waals surface area contributed by atoms with Crippen LogP contribution in [0.5, 0.6) is 5.75 Å². The number of hydrazine groups is 1. The van der Waals surface area contributed by atoms with Crippen molar-refractivity contribution in [3.63, 3.8) is 0 Å². The Morgan fingerprint density at radius 3 is 2.21 bits per heavy atom. The molecular formula is C27H23N3O4. The van der Waals surface area contributed by atoms with Crippen LogP contribution in [0.15, 0.2) is 91.0 Å². The second-order valence-electron chi connectivity index (χ2n) is 7.65. The monoisotopic (exact) mass is 453 g/mol. The highest BCUT2D eigenvalue weighted by atomic mass is 16.5. The van der Waals surface area contributed by atoms with Gasteiger partial charge in [0.05, 0.1) is 0 Å². The summed E-state index contributed by atoms with van der Waals surface area (Å²) in [5.74, 6) is -0.656. The van der Waals surface area contributed by atoms with Gasteiger partial charge in [0.2, 0.25) is 0 Å². The highest BCUT2D eigenvalue weighted by Crippen LogP contribution is 2.20. The molecule has 170 valence electrons. The van der Waals surface area contributed by atoms with E-state index in [0.717, 1.165) is 16.3 Å². The first-order valence-corrected chi connectivity index (χ1v) is 10.7. The molecule has 0 saturated carbocycles. The Hall–Kier alpha value is -4.65. The SMILES string of the molecule is Cc1ccccc1C(=O)Nc1ccc(C(=O)NNC(=O)COc2ccc3ccccc3c2)cc1. The standard InChI is InChI=1S/C27H23N3O4/c1-18-6-2-5-9-24(18)27(33)28-22-13-10-20(11-14-22)26(32)30-29-25(31)17-34-23-15-12-19-7-3-4-8-21(19)16-23/h2-16H,17H2,1H3,(H,28,33)(H,29,31)(H,30,32). The van der Waals surface area contributed by atoms with Gasteiger partial charge < -0.3 is 10.1 Å². The summed E-state index contributed by atoms with van der Waals surface area (Å²) in [5.41, 5.74) is 7.01. The minimum atomic E-state index is -0.497. The van der Waals surface area contributed by atoms with E-state index in [1.807, 2.05) is 55.5 Å². The van der Waals surface area contributed by atoms with E-state index in [1.54, 1.807) is 42.5 Å². The molecule has 34 heavy (non-hydrogen) atoms. The van der Waals surface area contributed by atoms with Crippen molar-refractivity contribution >= 4 is 34.2 Å². The minimum Gasteiger partial charge on any atom is -0.484 e. The van der Waals surface area contributed by atoms with E-state index in [4.69, 9.17) is 4.74 Å². The average Bonchev–Trinajstić information content (AvgIpc) is 2.86. The lowest BCUT2D eigenvalue weighted by atomic mass is 10.1. The molecule has 0 saturated heterocycles. The smallest absolute Gasteiger partial charge is 0.276 e. The minimum absolute atomic E-state index is 0.228. The first kappa shape index (κ1) is 22.5. The quantitative estimate of drug-likeness (QED) is 0.381.